The molecule has 2 aromatic rings. The van der Waals surface area contributed by atoms with E-state index in [0.29, 0.717) is 30.9 Å². The van der Waals surface area contributed by atoms with Crippen LogP contribution >= 0.6 is 0 Å². The van der Waals surface area contributed by atoms with Gasteiger partial charge < -0.3 is 19.8 Å². The van der Waals surface area contributed by atoms with Gasteiger partial charge in [0.2, 0.25) is 5.91 Å². The quantitative estimate of drug-likeness (QED) is 0.932. The van der Waals surface area contributed by atoms with Gasteiger partial charge in [-0.05, 0) is 36.4 Å². The van der Waals surface area contributed by atoms with E-state index in [1.54, 1.807) is 29.2 Å². The summed E-state index contributed by atoms with van der Waals surface area (Å²) in [5, 5.41) is 0. The fraction of sp³-hybridized carbons (Fsp3) is 0.333. The lowest BCUT2D eigenvalue weighted by atomic mass is 10.1. The molecule has 0 radical (unpaired) electrons. The predicted octanol–water partition coefficient (Wildman–Crippen LogP) is 2.15. The van der Waals surface area contributed by atoms with Gasteiger partial charge in [0.25, 0.3) is 5.91 Å². The fourth-order valence-electron chi connectivity index (χ4n) is 2.79. The summed E-state index contributed by atoms with van der Waals surface area (Å²) in [4.78, 5) is 25.8. The molecular formula is C18H20N2O4. The monoisotopic (exact) mass is 328 g/mol. The van der Waals surface area contributed by atoms with Crippen LogP contribution in [0.1, 0.15) is 45.2 Å². The van der Waals surface area contributed by atoms with Crippen molar-refractivity contribution in [3.63, 3.8) is 0 Å². The van der Waals surface area contributed by atoms with Gasteiger partial charge in [0.1, 0.15) is 17.6 Å². The molecule has 24 heavy (non-hydrogen) atoms. The maximum atomic E-state index is 12.9. The van der Waals surface area contributed by atoms with Crippen LogP contribution in [0.25, 0.3) is 0 Å². The van der Waals surface area contributed by atoms with Gasteiger partial charge in [-0.15, -0.1) is 0 Å². The maximum Gasteiger partial charge on any atom is 0.254 e. The summed E-state index contributed by atoms with van der Waals surface area (Å²) in [6, 6.07) is 9.94. The molecule has 0 spiro atoms. The molecule has 1 aromatic carbocycles. The number of rotatable bonds is 4. The maximum absolute atomic E-state index is 12.9. The Labute approximate surface area is 140 Å². The number of ether oxygens (including phenoxy) is 1. The van der Waals surface area contributed by atoms with E-state index >= 15 is 0 Å². The Balaban J connectivity index is 1.84. The van der Waals surface area contributed by atoms with Gasteiger partial charge in [0, 0.05) is 24.1 Å². The van der Waals surface area contributed by atoms with Gasteiger partial charge in [-0.1, -0.05) is 6.92 Å². The Morgan fingerprint density at radius 3 is 2.50 bits per heavy atom. The zero-order valence-electron chi connectivity index (χ0n) is 13.5. The second kappa shape index (κ2) is 6.88. The summed E-state index contributed by atoms with van der Waals surface area (Å²) in [5.74, 6) is 0.983. The Bertz CT molecular complexity index is 736. The minimum absolute atomic E-state index is 0.117. The van der Waals surface area contributed by atoms with E-state index in [0.717, 1.165) is 17.9 Å². The van der Waals surface area contributed by atoms with Crippen molar-refractivity contribution in [2.45, 2.75) is 19.4 Å². The minimum Gasteiger partial charge on any atom is -0.464 e. The molecule has 2 heterocycles. The largest absolute Gasteiger partial charge is 0.464 e. The summed E-state index contributed by atoms with van der Waals surface area (Å²) >= 11 is 0. The topological polar surface area (TPSA) is 85.8 Å². The molecule has 1 atom stereocenters. The molecule has 1 aromatic heterocycles. The highest BCUT2D eigenvalue weighted by atomic mass is 16.5. The van der Waals surface area contributed by atoms with Gasteiger partial charge >= 0.3 is 0 Å². The Hall–Kier alpha value is -2.60. The van der Waals surface area contributed by atoms with Crippen LogP contribution in [0, 0.1) is 0 Å². The number of hydrogen-bond donors (Lipinski definition) is 1. The molecule has 1 aliphatic heterocycles. The molecule has 2 N–H and O–H groups in total. The first kappa shape index (κ1) is 16.3. The predicted molar refractivity (Wildman–Crippen MR) is 87.6 cm³/mol. The summed E-state index contributed by atoms with van der Waals surface area (Å²) in [6.45, 7) is 3.40. The first-order valence-electron chi connectivity index (χ1n) is 7.97. The number of benzene rings is 1. The van der Waals surface area contributed by atoms with E-state index in [1.165, 1.54) is 0 Å². The molecule has 6 nitrogen and oxygen atoms in total. The van der Waals surface area contributed by atoms with Crippen molar-refractivity contribution in [3.05, 3.63) is 59.0 Å². The third-order valence-electron chi connectivity index (χ3n) is 4.17. The lowest BCUT2D eigenvalue weighted by molar-refractivity contribution is -0.00901. The second-order valence-electron chi connectivity index (χ2n) is 5.69. The second-order valence-corrected chi connectivity index (χ2v) is 5.69. The average Bonchev–Trinajstić information content (AvgIpc) is 3.10. The first-order chi connectivity index (χ1) is 11.6. The summed E-state index contributed by atoms with van der Waals surface area (Å²) < 4.78 is 11.3. The zero-order valence-corrected chi connectivity index (χ0v) is 13.5. The number of morpholine rings is 1. The number of furan rings is 1. The molecule has 0 bridgehead atoms. The van der Waals surface area contributed by atoms with Crippen molar-refractivity contribution in [3.8, 4) is 0 Å². The highest BCUT2D eigenvalue weighted by Crippen LogP contribution is 2.27. The third kappa shape index (κ3) is 3.19. The molecule has 126 valence electrons. The molecule has 1 aliphatic rings. The van der Waals surface area contributed by atoms with Crippen LogP contribution in [0.5, 0.6) is 0 Å². The minimum atomic E-state index is -0.513. The number of primary amides is 1. The molecule has 6 heteroatoms. The van der Waals surface area contributed by atoms with Crippen LogP contribution in [-0.4, -0.2) is 36.5 Å². The number of carbonyl (C=O) groups is 2. The van der Waals surface area contributed by atoms with Crippen molar-refractivity contribution in [2.75, 3.05) is 19.8 Å². The SMILES string of the molecule is CCc1ccc([C@@H]2COCCN2C(=O)c2ccc(C(N)=O)cc2)o1. The van der Waals surface area contributed by atoms with Crippen molar-refractivity contribution >= 4 is 11.8 Å². The normalized spacial score (nSPS) is 17.7. The third-order valence-corrected chi connectivity index (χ3v) is 4.17. The van der Waals surface area contributed by atoms with Gasteiger partial charge in [0.05, 0.1) is 13.2 Å². The van der Waals surface area contributed by atoms with Gasteiger partial charge in [-0.25, -0.2) is 0 Å². The molecule has 1 saturated heterocycles. The smallest absolute Gasteiger partial charge is 0.254 e. The summed E-state index contributed by atoms with van der Waals surface area (Å²) in [5.41, 5.74) is 6.12. The summed E-state index contributed by atoms with van der Waals surface area (Å²) in [7, 11) is 0. The lowest BCUT2D eigenvalue weighted by Gasteiger charge is -2.34. The van der Waals surface area contributed by atoms with Crippen LogP contribution in [0.15, 0.2) is 40.8 Å². The number of nitrogens with two attached hydrogens (primary N) is 1. The number of carbonyl (C=O) groups excluding carboxylic acids is 2. The molecule has 0 aliphatic carbocycles. The van der Waals surface area contributed by atoms with Crippen molar-refractivity contribution < 1.29 is 18.7 Å². The molecular weight excluding hydrogens is 308 g/mol. The van der Waals surface area contributed by atoms with Crippen molar-refractivity contribution in [2.24, 2.45) is 5.73 Å². The first-order valence-corrected chi connectivity index (χ1v) is 7.97. The van der Waals surface area contributed by atoms with Gasteiger partial charge in [-0.3, -0.25) is 9.59 Å². The van der Waals surface area contributed by atoms with E-state index < -0.39 is 5.91 Å². The van der Waals surface area contributed by atoms with Crippen molar-refractivity contribution in [1.82, 2.24) is 4.90 Å². The van der Waals surface area contributed by atoms with Crippen LogP contribution in [-0.2, 0) is 11.2 Å². The van der Waals surface area contributed by atoms with E-state index in [2.05, 4.69) is 0 Å². The molecule has 0 unspecified atom stereocenters. The zero-order chi connectivity index (χ0) is 17.1. The highest BCUT2D eigenvalue weighted by Gasteiger charge is 2.31. The van der Waals surface area contributed by atoms with Crippen LogP contribution in [0.3, 0.4) is 0 Å². The Morgan fingerprint density at radius 1 is 1.17 bits per heavy atom. The van der Waals surface area contributed by atoms with E-state index in [1.807, 2.05) is 19.1 Å². The number of aryl methyl sites for hydroxylation is 1. The Morgan fingerprint density at radius 2 is 1.88 bits per heavy atom. The fourth-order valence-corrected chi connectivity index (χ4v) is 2.79. The van der Waals surface area contributed by atoms with Gasteiger partial charge in [0.15, 0.2) is 0 Å². The molecule has 3 rings (SSSR count). The van der Waals surface area contributed by atoms with E-state index in [-0.39, 0.29) is 11.9 Å². The van der Waals surface area contributed by atoms with Crippen LogP contribution < -0.4 is 5.73 Å². The summed E-state index contributed by atoms with van der Waals surface area (Å²) in [6.07, 6.45) is 0.802. The van der Waals surface area contributed by atoms with E-state index in [4.69, 9.17) is 14.9 Å². The standard InChI is InChI=1S/C18H20N2O4/c1-2-14-7-8-16(24-14)15-11-23-10-9-20(15)18(22)13-5-3-12(4-6-13)17(19)21/h3-8,15H,2,9-11H2,1H3,(H2,19,21)/t15-/m0/s1. The number of nitrogens with zero attached hydrogens (tertiary/aromatic N) is 1. The van der Waals surface area contributed by atoms with Crippen molar-refractivity contribution in [1.29, 1.82) is 0 Å². The lowest BCUT2D eigenvalue weighted by Crippen LogP contribution is -2.43. The van der Waals surface area contributed by atoms with Crippen LogP contribution in [0.4, 0.5) is 0 Å². The number of hydrogen-bond acceptors (Lipinski definition) is 4. The van der Waals surface area contributed by atoms with E-state index in [9.17, 15) is 9.59 Å². The average molecular weight is 328 g/mol. The highest BCUT2D eigenvalue weighted by molar-refractivity contribution is 5.97. The molecule has 2 amide bonds. The van der Waals surface area contributed by atoms with Gasteiger partial charge in [-0.2, -0.15) is 0 Å². The van der Waals surface area contributed by atoms with Crippen LogP contribution in [0.2, 0.25) is 0 Å². The number of amides is 2. The molecule has 0 saturated carbocycles. The molecule has 1 fully saturated rings. The Kier molecular flexibility index (Phi) is 4.66.